The summed E-state index contributed by atoms with van der Waals surface area (Å²) in [6.07, 6.45) is 3.21. The van der Waals surface area contributed by atoms with Crippen LogP contribution in [0.25, 0.3) is 6.08 Å². The number of ketones is 1. The van der Waals surface area contributed by atoms with Crippen LogP contribution in [0.15, 0.2) is 35.7 Å². The highest BCUT2D eigenvalue weighted by atomic mass is 32.1. The number of thiazole rings is 1. The van der Waals surface area contributed by atoms with Gasteiger partial charge in [-0.2, -0.15) is 0 Å². The van der Waals surface area contributed by atoms with Gasteiger partial charge in [0.25, 0.3) is 0 Å². The summed E-state index contributed by atoms with van der Waals surface area (Å²) >= 11 is 1.39. The molecule has 1 fully saturated rings. The van der Waals surface area contributed by atoms with Gasteiger partial charge in [0.2, 0.25) is 5.91 Å². The van der Waals surface area contributed by atoms with Crippen molar-refractivity contribution in [2.45, 2.75) is 13.8 Å². The van der Waals surface area contributed by atoms with Gasteiger partial charge in [-0.25, -0.2) is 4.98 Å². The fraction of sp³-hybridized carbons (Fsp3) is 0.350. The van der Waals surface area contributed by atoms with Gasteiger partial charge >= 0.3 is 0 Å². The van der Waals surface area contributed by atoms with E-state index in [4.69, 9.17) is 4.74 Å². The smallest absolute Gasteiger partial charge is 0.225 e. The Bertz CT molecular complexity index is 823. The van der Waals surface area contributed by atoms with Crippen molar-refractivity contribution in [3.8, 4) is 0 Å². The minimum absolute atomic E-state index is 0.0428. The molecule has 0 bridgehead atoms. The Morgan fingerprint density at radius 3 is 2.59 bits per heavy atom. The lowest BCUT2D eigenvalue weighted by atomic mass is 10.1. The van der Waals surface area contributed by atoms with Crippen molar-refractivity contribution in [2.75, 3.05) is 42.6 Å². The van der Waals surface area contributed by atoms with Gasteiger partial charge < -0.3 is 9.64 Å². The fourth-order valence-corrected chi connectivity index (χ4v) is 3.79. The molecule has 0 saturated carbocycles. The third-order valence-electron chi connectivity index (χ3n) is 4.37. The topological polar surface area (TPSA) is 62.7 Å². The Morgan fingerprint density at radius 1 is 1.26 bits per heavy atom. The molecule has 0 atom stereocenters. The third kappa shape index (κ3) is 4.81. The molecule has 1 aromatic heterocycles. The van der Waals surface area contributed by atoms with E-state index in [0.717, 1.165) is 32.0 Å². The molecule has 3 rings (SSSR count). The molecule has 1 aliphatic rings. The summed E-state index contributed by atoms with van der Waals surface area (Å²) in [4.78, 5) is 32.3. The molecular weight excluding hydrogens is 362 g/mol. The summed E-state index contributed by atoms with van der Waals surface area (Å²) < 4.78 is 5.36. The predicted octanol–water partition coefficient (Wildman–Crippen LogP) is 3.25. The van der Waals surface area contributed by atoms with Gasteiger partial charge in [-0.3, -0.25) is 14.5 Å². The minimum atomic E-state index is -0.0722. The molecular formula is C20H23N3O3S. The second-order valence-corrected chi connectivity index (χ2v) is 7.00. The van der Waals surface area contributed by atoms with E-state index >= 15 is 0 Å². The molecule has 7 heteroatoms. The van der Waals surface area contributed by atoms with Crippen LogP contribution in [0, 0.1) is 0 Å². The second kappa shape index (κ2) is 8.92. The Morgan fingerprint density at radius 2 is 1.96 bits per heavy atom. The van der Waals surface area contributed by atoms with Crippen LogP contribution in [0.2, 0.25) is 0 Å². The van der Waals surface area contributed by atoms with Crippen LogP contribution >= 0.6 is 11.3 Å². The minimum Gasteiger partial charge on any atom is -0.378 e. The van der Waals surface area contributed by atoms with Crippen LogP contribution in [0.5, 0.6) is 0 Å². The normalized spacial score (nSPS) is 14.5. The number of carbonyl (C=O) groups excluding carboxylic acids is 2. The molecule has 1 saturated heterocycles. The van der Waals surface area contributed by atoms with E-state index < -0.39 is 0 Å². The van der Waals surface area contributed by atoms with Gasteiger partial charge in [-0.05, 0) is 43.3 Å². The molecule has 27 heavy (non-hydrogen) atoms. The number of morpholine rings is 1. The molecule has 6 nitrogen and oxygen atoms in total. The second-order valence-electron chi connectivity index (χ2n) is 6.16. The first-order chi connectivity index (χ1) is 13.1. The number of aromatic nitrogens is 1. The summed E-state index contributed by atoms with van der Waals surface area (Å²) in [5.74, 6) is -0.115. The first-order valence-corrected chi connectivity index (χ1v) is 9.85. The van der Waals surface area contributed by atoms with Crippen LogP contribution in [0.3, 0.4) is 0 Å². The average Bonchev–Trinajstić information content (AvgIpc) is 3.16. The molecule has 2 aromatic rings. The van der Waals surface area contributed by atoms with E-state index in [-0.39, 0.29) is 11.7 Å². The van der Waals surface area contributed by atoms with Gasteiger partial charge in [-0.15, -0.1) is 11.3 Å². The first kappa shape index (κ1) is 19.3. The predicted molar refractivity (Wildman–Crippen MR) is 109 cm³/mol. The van der Waals surface area contributed by atoms with Crippen LogP contribution in [0.4, 0.5) is 10.8 Å². The molecule has 0 spiro atoms. The molecule has 1 aromatic carbocycles. The van der Waals surface area contributed by atoms with Gasteiger partial charge in [0.1, 0.15) is 0 Å². The zero-order valence-corrected chi connectivity index (χ0v) is 16.4. The Labute approximate surface area is 163 Å². The number of ether oxygens (including phenoxy) is 1. The van der Waals surface area contributed by atoms with Gasteiger partial charge in [-0.1, -0.05) is 0 Å². The molecule has 0 N–H and O–H groups in total. The van der Waals surface area contributed by atoms with Crippen molar-refractivity contribution in [1.29, 1.82) is 0 Å². The molecule has 0 unspecified atom stereocenters. The van der Waals surface area contributed by atoms with E-state index in [1.807, 2.05) is 36.6 Å². The lowest BCUT2D eigenvalue weighted by molar-refractivity contribution is -0.116. The van der Waals surface area contributed by atoms with Crippen molar-refractivity contribution in [3.05, 3.63) is 47.0 Å². The highest BCUT2D eigenvalue weighted by Gasteiger charge is 2.13. The molecule has 0 aliphatic carbocycles. The highest BCUT2D eigenvalue weighted by molar-refractivity contribution is 7.14. The number of anilines is 2. The fourth-order valence-electron chi connectivity index (χ4n) is 2.88. The van der Waals surface area contributed by atoms with Gasteiger partial charge in [0, 0.05) is 43.2 Å². The zero-order valence-electron chi connectivity index (χ0n) is 15.6. The van der Waals surface area contributed by atoms with E-state index in [0.29, 0.717) is 22.9 Å². The number of benzene rings is 1. The first-order valence-electron chi connectivity index (χ1n) is 8.97. The lowest BCUT2D eigenvalue weighted by Gasteiger charge is -2.28. The standard InChI is InChI=1S/C20H23N3O3S/c1-3-23(15(2)24)20-21-17(14-27-20)6-9-19(25)16-4-7-18(8-5-16)22-10-12-26-13-11-22/h4-9,14H,3,10-13H2,1-2H3/b9-6+. The Kier molecular flexibility index (Phi) is 6.36. The molecule has 142 valence electrons. The van der Waals surface area contributed by atoms with E-state index in [9.17, 15) is 9.59 Å². The van der Waals surface area contributed by atoms with E-state index in [1.54, 1.807) is 11.0 Å². The number of hydrogen-bond acceptors (Lipinski definition) is 6. The molecule has 0 radical (unpaired) electrons. The average molecular weight is 385 g/mol. The Balaban J connectivity index is 1.64. The summed E-state index contributed by atoms with van der Waals surface area (Å²) in [6.45, 7) is 7.20. The maximum atomic E-state index is 12.4. The summed E-state index contributed by atoms with van der Waals surface area (Å²) in [7, 11) is 0. The van der Waals surface area contributed by atoms with Gasteiger partial charge in [0.05, 0.1) is 18.9 Å². The van der Waals surface area contributed by atoms with Crippen molar-refractivity contribution in [1.82, 2.24) is 4.98 Å². The lowest BCUT2D eigenvalue weighted by Crippen LogP contribution is -2.36. The van der Waals surface area contributed by atoms with Crippen LogP contribution < -0.4 is 9.80 Å². The molecule has 2 heterocycles. The van der Waals surface area contributed by atoms with Crippen LogP contribution in [-0.2, 0) is 9.53 Å². The molecule has 1 amide bonds. The number of carbonyl (C=O) groups is 2. The zero-order chi connectivity index (χ0) is 19.2. The van der Waals surface area contributed by atoms with Gasteiger partial charge in [0.15, 0.2) is 10.9 Å². The highest BCUT2D eigenvalue weighted by Crippen LogP contribution is 2.22. The number of allylic oxidation sites excluding steroid dienone is 1. The maximum Gasteiger partial charge on any atom is 0.225 e. The quantitative estimate of drug-likeness (QED) is 0.564. The largest absolute Gasteiger partial charge is 0.378 e. The van der Waals surface area contributed by atoms with Crippen LogP contribution in [-0.4, -0.2) is 49.5 Å². The SMILES string of the molecule is CCN(C(C)=O)c1nc(/C=C/C(=O)c2ccc(N3CCOCC3)cc2)cs1. The maximum absolute atomic E-state index is 12.4. The third-order valence-corrected chi connectivity index (χ3v) is 5.25. The van der Waals surface area contributed by atoms with Crippen LogP contribution in [0.1, 0.15) is 29.9 Å². The number of rotatable bonds is 6. The van der Waals surface area contributed by atoms with Crippen molar-refractivity contribution < 1.29 is 14.3 Å². The van der Waals surface area contributed by atoms with E-state index in [2.05, 4.69) is 9.88 Å². The number of amides is 1. The van der Waals surface area contributed by atoms with Crippen molar-refractivity contribution in [2.24, 2.45) is 0 Å². The van der Waals surface area contributed by atoms with Crippen molar-refractivity contribution >= 4 is 39.9 Å². The van der Waals surface area contributed by atoms with E-state index in [1.165, 1.54) is 24.3 Å². The monoisotopic (exact) mass is 385 g/mol. The number of hydrogen-bond donors (Lipinski definition) is 0. The summed E-state index contributed by atoms with van der Waals surface area (Å²) in [5, 5.41) is 2.48. The summed E-state index contributed by atoms with van der Waals surface area (Å²) in [6, 6.07) is 7.63. The summed E-state index contributed by atoms with van der Waals surface area (Å²) in [5.41, 5.74) is 2.41. The number of nitrogens with zero attached hydrogens (tertiary/aromatic N) is 3. The van der Waals surface area contributed by atoms with Crippen molar-refractivity contribution in [3.63, 3.8) is 0 Å². The Hall–Kier alpha value is -2.51. The molecule has 1 aliphatic heterocycles.